The van der Waals surface area contributed by atoms with E-state index in [-0.39, 0.29) is 0 Å². The second-order valence-corrected chi connectivity index (χ2v) is 6.44. The Bertz CT molecular complexity index is 368. The minimum Gasteiger partial charge on any atom is -0.375 e. The van der Waals surface area contributed by atoms with Gasteiger partial charge in [0.2, 0.25) is 0 Å². The Balaban J connectivity index is 1.65. The Kier molecular flexibility index (Phi) is 3.97. The molecule has 4 atom stereocenters. The number of nitrogens with one attached hydrogen (secondary N) is 1. The molecule has 100 valence electrons. The summed E-state index contributed by atoms with van der Waals surface area (Å²) in [6.45, 7) is 3.33. The van der Waals surface area contributed by atoms with Crippen LogP contribution in [0.5, 0.6) is 0 Å². The largest absolute Gasteiger partial charge is 0.375 e. The smallest absolute Gasteiger partial charge is 0.0940 e. The maximum absolute atomic E-state index is 6.01. The molecular weight excluding hydrogens is 244 g/mol. The Hall–Kier alpha value is -0.450. The van der Waals surface area contributed by atoms with Crippen LogP contribution in [0.15, 0.2) is 11.6 Å². The highest BCUT2D eigenvalue weighted by Crippen LogP contribution is 2.41. The number of fused-ring (bicyclic) bond motifs is 2. The van der Waals surface area contributed by atoms with E-state index in [0.29, 0.717) is 24.2 Å². The monoisotopic (exact) mass is 266 g/mol. The Morgan fingerprint density at radius 2 is 2.50 bits per heavy atom. The van der Waals surface area contributed by atoms with E-state index in [2.05, 4.69) is 22.6 Å². The lowest BCUT2D eigenvalue weighted by Crippen LogP contribution is -2.42. The van der Waals surface area contributed by atoms with Crippen molar-refractivity contribution in [2.45, 2.75) is 57.3 Å². The summed E-state index contributed by atoms with van der Waals surface area (Å²) in [5.41, 5.74) is 0. The molecule has 3 rings (SSSR count). The topological polar surface area (TPSA) is 34.2 Å². The Morgan fingerprint density at radius 3 is 3.11 bits per heavy atom. The molecular formula is C14H22N2OS. The number of hydrogen-bond donors (Lipinski definition) is 1. The summed E-state index contributed by atoms with van der Waals surface area (Å²) < 4.78 is 6.01. The van der Waals surface area contributed by atoms with Crippen LogP contribution >= 0.6 is 11.3 Å². The predicted octanol–water partition coefficient (Wildman–Crippen LogP) is 2.62. The lowest BCUT2D eigenvalue weighted by molar-refractivity contribution is 0.0857. The Labute approximate surface area is 113 Å². The SMILES string of the molecule is CCCNC(Cc1nccs1)C1CC2CCC1O2. The number of rotatable bonds is 6. The lowest BCUT2D eigenvalue weighted by atomic mass is 9.82. The quantitative estimate of drug-likeness (QED) is 0.859. The van der Waals surface area contributed by atoms with Gasteiger partial charge in [-0.05, 0) is 32.2 Å². The number of hydrogen-bond acceptors (Lipinski definition) is 4. The van der Waals surface area contributed by atoms with Crippen LogP contribution in [0, 0.1) is 5.92 Å². The molecule has 0 radical (unpaired) electrons. The zero-order valence-electron chi connectivity index (χ0n) is 11.0. The van der Waals surface area contributed by atoms with Gasteiger partial charge in [0.15, 0.2) is 0 Å². The second kappa shape index (κ2) is 5.68. The van der Waals surface area contributed by atoms with E-state index in [1.54, 1.807) is 11.3 Å². The van der Waals surface area contributed by atoms with E-state index >= 15 is 0 Å². The summed E-state index contributed by atoms with van der Waals surface area (Å²) >= 11 is 1.77. The van der Waals surface area contributed by atoms with E-state index in [1.165, 1.54) is 30.7 Å². The summed E-state index contributed by atoms with van der Waals surface area (Å²) in [5.74, 6) is 0.694. The highest BCUT2D eigenvalue weighted by Gasteiger charge is 2.44. The number of aromatic nitrogens is 1. The van der Waals surface area contributed by atoms with Gasteiger partial charge in [-0.1, -0.05) is 6.92 Å². The molecule has 0 spiro atoms. The molecule has 2 bridgehead atoms. The molecule has 4 unspecified atom stereocenters. The van der Waals surface area contributed by atoms with Crippen molar-refractivity contribution in [3.63, 3.8) is 0 Å². The van der Waals surface area contributed by atoms with Gasteiger partial charge in [-0.2, -0.15) is 0 Å². The minimum atomic E-state index is 0.504. The van der Waals surface area contributed by atoms with Gasteiger partial charge in [-0.25, -0.2) is 4.98 Å². The average Bonchev–Trinajstić information content (AvgIpc) is 3.10. The molecule has 0 amide bonds. The first kappa shape index (κ1) is 12.6. The highest BCUT2D eigenvalue weighted by atomic mass is 32.1. The van der Waals surface area contributed by atoms with Crippen LogP contribution < -0.4 is 5.32 Å². The van der Waals surface area contributed by atoms with Gasteiger partial charge in [0.1, 0.15) is 0 Å². The van der Waals surface area contributed by atoms with Crippen molar-refractivity contribution >= 4 is 11.3 Å². The highest BCUT2D eigenvalue weighted by molar-refractivity contribution is 7.09. The molecule has 2 aliphatic heterocycles. The van der Waals surface area contributed by atoms with Gasteiger partial charge in [0.25, 0.3) is 0 Å². The van der Waals surface area contributed by atoms with Crippen molar-refractivity contribution in [2.24, 2.45) is 5.92 Å². The van der Waals surface area contributed by atoms with Crippen molar-refractivity contribution in [1.29, 1.82) is 0 Å². The summed E-state index contributed by atoms with van der Waals surface area (Å²) in [5, 5.41) is 7.05. The van der Waals surface area contributed by atoms with Gasteiger partial charge < -0.3 is 10.1 Å². The molecule has 1 aromatic heterocycles. The molecule has 3 heterocycles. The van der Waals surface area contributed by atoms with Crippen molar-refractivity contribution in [3.05, 3.63) is 16.6 Å². The first-order valence-corrected chi connectivity index (χ1v) is 8.02. The molecule has 1 aromatic rings. The molecule has 0 saturated carbocycles. The van der Waals surface area contributed by atoms with E-state index in [0.717, 1.165) is 13.0 Å². The first-order valence-electron chi connectivity index (χ1n) is 7.14. The standard InChI is InChI=1S/C14H22N2OS/c1-2-5-15-12(9-14-16-6-7-18-14)11-8-10-3-4-13(11)17-10/h6-7,10-13,15H,2-5,8-9H2,1H3. The maximum atomic E-state index is 6.01. The molecule has 2 saturated heterocycles. The van der Waals surface area contributed by atoms with Crippen LogP contribution in [0.2, 0.25) is 0 Å². The summed E-state index contributed by atoms with van der Waals surface area (Å²) in [6.07, 6.45) is 9.00. The van der Waals surface area contributed by atoms with Gasteiger partial charge in [-0.3, -0.25) is 0 Å². The van der Waals surface area contributed by atoms with Crippen LogP contribution in [0.3, 0.4) is 0 Å². The average molecular weight is 266 g/mol. The van der Waals surface area contributed by atoms with Crippen molar-refractivity contribution in [2.75, 3.05) is 6.54 Å². The van der Waals surface area contributed by atoms with Crippen molar-refractivity contribution in [3.8, 4) is 0 Å². The third-order valence-corrected chi connectivity index (χ3v) is 5.01. The molecule has 0 aliphatic carbocycles. The first-order chi connectivity index (χ1) is 8.86. The molecule has 2 fully saturated rings. The van der Waals surface area contributed by atoms with E-state index < -0.39 is 0 Å². The van der Waals surface area contributed by atoms with Crippen LogP contribution in [0.25, 0.3) is 0 Å². The molecule has 2 aliphatic rings. The number of thiazole rings is 1. The number of ether oxygens (including phenoxy) is 1. The summed E-state index contributed by atoms with van der Waals surface area (Å²) in [6, 6.07) is 0.548. The third-order valence-electron chi connectivity index (χ3n) is 4.20. The molecule has 1 N–H and O–H groups in total. The van der Waals surface area contributed by atoms with Gasteiger partial charge in [0, 0.05) is 30.0 Å². The van der Waals surface area contributed by atoms with Crippen molar-refractivity contribution < 1.29 is 4.74 Å². The van der Waals surface area contributed by atoms with E-state index in [4.69, 9.17) is 4.74 Å². The molecule has 18 heavy (non-hydrogen) atoms. The minimum absolute atomic E-state index is 0.504. The molecule has 4 heteroatoms. The lowest BCUT2D eigenvalue weighted by Gasteiger charge is -2.28. The fraction of sp³-hybridized carbons (Fsp3) is 0.786. The van der Waals surface area contributed by atoms with E-state index in [1.807, 2.05) is 6.20 Å². The summed E-state index contributed by atoms with van der Waals surface area (Å²) in [7, 11) is 0. The normalized spacial score (nSPS) is 31.9. The number of nitrogens with zero attached hydrogens (tertiary/aromatic N) is 1. The third kappa shape index (κ3) is 2.60. The van der Waals surface area contributed by atoms with Crippen LogP contribution in [0.1, 0.15) is 37.6 Å². The Morgan fingerprint density at radius 1 is 1.56 bits per heavy atom. The van der Waals surface area contributed by atoms with Crippen LogP contribution in [0.4, 0.5) is 0 Å². The van der Waals surface area contributed by atoms with Crippen LogP contribution in [-0.4, -0.2) is 29.8 Å². The van der Waals surface area contributed by atoms with E-state index in [9.17, 15) is 0 Å². The predicted molar refractivity (Wildman–Crippen MR) is 73.9 cm³/mol. The second-order valence-electron chi connectivity index (χ2n) is 5.46. The summed E-state index contributed by atoms with van der Waals surface area (Å²) in [4.78, 5) is 4.44. The zero-order valence-corrected chi connectivity index (χ0v) is 11.8. The van der Waals surface area contributed by atoms with Crippen LogP contribution in [-0.2, 0) is 11.2 Å². The van der Waals surface area contributed by atoms with Crippen molar-refractivity contribution in [1.82, 2.24) is 10.3 Å². The fourth-order valence-electron chi connectivity index (χ4n) is 3.35. The zero-order chi connectivity index (χ0) is 12.4. The van der Waals surface area contributed by atoms with Gasteiger partial charge in [0.05, 0.1) is 17.2 Å². The maximum Gasteiger partial charge on any atom is 0.0940 e. The fourth-order valence-corrected chi connectivity index (χ4v) is 4.02. The van der Waals surface area contributed by atoms with Gasteiger partial charge in [-0.15, -0.1) is 11.3 Å². The molecule has 3 nitrogen and oxygen atoms in total. The van der Waals surface area contributed by atoms with Gasteiger partial charge >= 0.3 is 0 Å². The molecule has 0 aromatic carbocycles.